The summed E-state index contributed by atoms with van der Waals surface area (Å²) in [5.41, 5.74) is 4.02. The van der Waals surface area contributed by atoms with Crippen molar-refractivity contribution in [3.63, 3.8) is 0 Å². The number of hydrogen-bond acceptors (Lipinski definition) is 3. The molecule has 2 heterocycles. The highest BCUT2D eigenvalue weighted by molar-refractivity contribution is 6.34. The van der Waals surface area contributed by atoms with E-state index in [0.717, 1.165) is 10.9 Å². The maximum absolute atomic E-state index is 12.3. The zero-order chi connectivity index (χ0) is 19.5. The molecular weight excluding hydrogens is 374 g/mol. The van der Waals surface area contributed by atoms with Gasteiger partial charge in [-0.1, -0.05) is 48.0 Å². The summed E-state index contributed by atoms with van der Waals surface area (Å²) in [6.45, 7) is 3.20. The van der Waals surface area contributed by atoms with Crippen LogP contribution in [0.4, 0.5) is 5.69 Å². The molecule has 142 valence electrons. The first-order valence-electron chi connectivity index (χ1n) is 9.08. The normalized spacial score (nSPS) is 11.1. The molecule has 28 heavy (non-hydrogen) atoms. The molecule has 0 radical (unpaired) electrons. The first-order chi connectivity index (χ1) is 13.6. The lowest BCUT2D eigenvalue weighted by Crippen LogP contribution is -2.14. The van der Waals surface area contributed by atoms with Gasteiger partial charge in [0.15, 0.2) is 5.15 Å². The van der Waals surface area contributed by atoms with Gasteiger partial charge in [-0.25, -0.2) is 0 Å². The molecule has 0 aliphatic carbocycles. The van der Waals surface area contributed by atoms with Gasteiger partial charge in [-0.2, -0.15) is 10.2 Å². The van der Waals surface area contributed by atoms with Crippen molar-refractivity contribution in [3.8, 4) is 0 Å². The van der Waals surface area contributed by atoms with Crippen LogP contribution in [0.2, 0.25) is 5.15 Å². The number of hydrogen-bond donors (Lipinski definition) is 1. The Balaban J connectivity index is 1.36. The molecule has 1 amide bonds. The Hall–Kier alpha value is -3.12. The van der Waals surface area contributed by atoms with Gasteiger partial charge in [-0.05, 0) is 30.2 Å². The number of amides is 1. The van der Waals surface area contributed by atoms with E-state index in [1.807, 2.05) is 47.3 Å². The molecule has 0 fully saturated rings. The van der Waals surface area contributed by atoms with Crippen LogP contribution in [0.25, 0.3) is 10.9 Å². The molecule has 0 aliphatic rings. The average molecular weight is 394 g/mol. The topological polar surface area (TPSA) is 64.7 Å². The number of fused-ring (bicyclic) bond motifs is 1. The summed E-state index contributed by atoms with van der Waals surface area (Å²) in [6, 6.07) is 15.9. The van der Waals surface area contributed by atoms with Gasteiger partial charge in [0, 0.05) is 18.0 Å². The van der Waals surface area contributed by atoms with Gasteiger partial charge < -0.3 is 5.32 Å². The predicted molar refractivity (Wildman–Crippen MR) is 110 cm³/mol. The Kier molecular flexibility index (Phi) is 5.12. The largest absolute Gasteiger partial charge is 0.323 e. The molecule has 6 nitrogen and oxygen atoms in total. The monoisotopic (exact) mass is 393 g/mol. The molecule has 0 unspecified atom stereocenters. The Morgan fingerprint density at radius 3 is 2.79 bits per heavy atom. The van der Waals surface area contributed by atoms with E-state index in [1.165, 1.54) is 11.1 Å². The predicted octanol–water partition coefficient (Wildman–Crippen LogP) is 4.27. The molecule has 4 aromatic rings. The second-order valence-corrected chi connectivity index (χ2v) is 7.04. The van der Waals surface area contributed by atoms with Gasteiger partial charge in [0.05, 0.1) is 30.5 Å². The second-order valence-electron chi connectivity index (χ2n) is 6.68. The zero-order valence-corrected chi connectivity index (χ0v) is 16.2. The maximum Gasteiger partial charge on any atom is 0.226 e. The van der Waals surface area contributed by atoms with Crippen molar-refractivity contribution in [1.29, 1.82) is 0 Å². The summed E-state index contributed by atoms with van der Waals surface area (Å²) >= 11 is 6.16. The minimum atomic E-state index is -0.0915. The average Bonchev–Trinajstić information content (AvgIpc) is 3.26. The van der Waals surface area contributed by atoms with E-state index in [9.17, 15) is 4.79 Å². The fourth-order valence-electron chi connectivity index (χ4n) is 3.16. The number of nitrogens with one attached hydrogen (secondary N) is 1. The SMILES string of the molecule is Cc1ccccc1Cn1cc(NC(=O)CCn2nc(Cl)c3ccccc32)cn1. The van der Waals surface area contributed by atoms with Crippen LogP contribution in [-0.4, -0.2) is 25.5 Å². The van der Waals surface area contributed by atoms with Crippen molar-refractivity contribution in [2.45, 2.75) is 26.4 Å². The first kappa shape index (κ1) is 18.3. The second kappa shape index (κ2) is 7.86. The molecule has 4 rings (SSSR count). The fourth-order valence-corrected chi connectivity index (χ4v) is 3.42. The number of anilines is 1. The summed E-state index contributed by atoms with van der Waals surface area (Å²) < 4.78 is 3.58. The highest BCUT2D eigenvalue weighted by Gasteiger charge is 2.10. The third kappa shape index (κ3) is 3.92. The molecule has 0 saturated carbocycles. The molecule has 0 spiro atoms. The van der Waals surface area contributed by atoms with E-state index < -0.39 is 0 Å². The van der Waals surface area contributed by atoms with Crippen molar-refractivity contribution in [1.82, 2.24) is 19.6 Å². The standard InChI is InChI=1S/C21H20ClN5O/c1-15-6-2-3-7-16(15)13-26-14-17(12-23-26)24-20(28)10-11-27-19-9-5-4-8-18(19)21(22)25-27/h2-9,12,14H,10-11,13H2,1H3,(H,24,28). The molecule has 0 atom stereocenters. The lowest BCUT2D eigenvalue weighted by atomic mass is 10.1. The Labute approximate surface area is 167 Å². The van der Waals surface area contributed by atoms with Crippen LogP contribution in [0.1, 0.15) is 17.5 Å². The molecular formula is C21H20ClN5O. The number of rotatable bonds is 6. The summed E-state index contributed by atoms with van der Waals surface area (Å²) in [4.78, 5) is 12.3. The van der Waals surface area contributed by atoms with Gasteiger partial charge in [-0.3, -0.25) is 14.2 Å². The summed E-state index contributed by atoms with van der Waals surface area (Å²) in [6.07, 6.45) is 3.80. The summed E-state index contributed by atoms with van der Waals surface area (Å²) in [7, 11) is 0. The fraction of sp³-hybridized carbons (Fsp3) is 0.190. The Morgan fingerprint density at radius 2 is 1.93 bits per heavy atom. The number of carbonyl (C=O) groups excluding carboxylic acids is 1. The van der Waals surface area contributed by atoms with Crippen LogP contribution < -0.4 is 5.32 Å². The number of halogens is 1. The van der Waals surface area contributed by atoms with Gasteiger partial charge >= 0.3 is 0 Å². The maximum atomic E-state index is 12.3. The quantitative estimate of drug-likeness (QED) is 0.532. The van der Waals surface area contributed by atoms with E-state index in [1.54, 1.807) is 10.9 Å². The Bertz CT molecular complexity index is 1130. The van der Waals surface area contributed by atoms with E-state index in [4.69, 9.17) is 11.6 Å². The van der Waals surface area contributed by atoms with E-state index >= 15 is 0 Å². The third-order valence-electron chi connectivity index (χ3n) is 4.67. The lowest BCUT2D eigenvalue weighted by Gasteiger charge is -2.06. The van der Waals surface area contributed by atoms with Crippen LogP contribution >= 0.6 is 11.6 Å². The Morgan fingerprint density at radius 1 is 1.14 bits per heavy atom. The minimum Gasteiger partial charge on any atom is -0.323 e. The van der Waals surface area contributed by atoms with Crippen molar-refractivity contribution in [2.75, 3.05) is 5.32 Å². The molecule has 2 aromatic carbocycles. The molecule has 0 aliphatic heterocycles. The van der Waals surface area contributed by atoms with Crippen LogP contribution in [-0.2, 0) is 17.9 Å². The minimum absolute atomic E-state index is 0.0915. The number of carbonyl (C=O) groups is 1. The number of benzene rings is 2. The molecule has 7 heteroatoms. The zero-order valence-electron chi connectivity index (χ0n) is 15.5. The number of nitrogens with zero attached hydrogens (tertiary/aromatic N) is 4. The van der Waals surface area contributed by atoms with Crippen LogP contribution in [0.5, 0.6) is 0 Å². The van der Waals surface area contributed by atoms with Crippen molar-refractivity contribution >= 4 is 34.1 Å². The molecule has 0 saturated heterocycles. The van der Waals surface area contributed by atoms with E-state index in [-0.39, 0.29) is 5.91 Å². The van der Waals surface area contributed by atoms with Crippen LogP contribution in [0, 0.1) is 6.92 Å². The van der Waals surface area contributed by atoms with Crippen molar-refractivity contribution in [3.05, 3.63) is 77.2 Å². The number of aromatic nitrogens is 4. The van der Waals surface area contributed by atoms with Crippen molar-refractivity contribution in [2.24, 2.45) is 0 Å². The van der Waals surface area contributed by atoms with Gasteiger partial charge in [0.1, 0.15) is 0 Å². The van der Waals surface area contributed by atoms with Crippen LogP contribution in [0.3, 0.4) is 0 Å². The first-order valence-corrected chi connectivity index (χ1v) is 9.46. The number of para-hydroxylation sites is 1. The van der Waals surface area contributed by atoms with Crippen molar-refractivity contribution < 1.29 is 4.79 Å². The number of aryl methyl sites for hydroxylation is 2. The smallest absolute Gasteiger partial charge is 0.226 e. The van der Waals surface area contributed by atoms with E-state index in [2.05, 4.69) is 34.6 Å². The van der Waals surface area contributed by atoms with E-state index in [0.29, 0.717) is 30.4 Å². The summed E-state index contributed by atoms with van der Waals surface area (Å²) in [5.74, 6) is -0.0915. The summed E-state index contributed by atoms with van der Waals surface area (Å²) in [5, 5.41) is 12.9. The highest BCUT2D eigenvalue weighted by Crippen LogP contribution is 2.22. The lowest BCUT2D eigenvalue weighted by molar-refractivity contribution is -0.116. The molecule has 0 bridgehead atoms. The molecule has 1 N–H and O–H groups in total. The molecule has 2 aromatic heterocycles. The van der Waals surface area contributed by atoms with Crippen LogP contribution in [0.15, 0.2) is 60.9 Å². The third-order valence-corrected chi connectivity index (χ3v) is 4.95. The van der Waals surface area contributed by atoms with Gasteiger partial charge in [0.25, 0.3) is 0 Å². The van der Waals surface area contributed by atoms with Gasteiger partial charge in [0.2, 0.25) is 5.91 Å². The van der Waals surface area contributed by atoms with Gasteiger partial charge in [-0.15, -0.1) is 0 Å². The highest BCUT2D eigenvalue weighted by atomic mass is 35.5.